The quantitative estimate of drug-likeness (QED) is 0.834. The van der Waals surface area contributed by atoms with Crippen LogP contribution in [0.4, 0.5) is 0 Å². The molecule has 0 aliphatic carbocycles. The van der Waals surface area contributed by atoms with Crippen molar-refractivity contribution in [2.24, 2.45) is 0 Å². The molecule has 2 heterocycles. The molecule has 2 aromatic heterocycles. The summed E-state index contributed by atoms with van der Waals surface area (Å²) in [5, 5.41) is 7.65. The van der Waals surface area contributed by atoms with Crippen LogP contribution in [0.5, 0.6) is 0 Å². The highest BCUT2D eigenvalue weighted by atomic mass is 79.9. The van der Waals surface area contributed by atoms with Gasteiger partial charge in [0, 0.05) is 0 Å². The fraction of sp³-hybridized carbons (Fsp3) is 0.143. The van der Waals surface area contributed by atoms with E-state index in [4.69, 9.17) is 16.0 Å². The maximum atomic E-state index is 5.73. The molecular weight excluding hydrogens is 257 g/mol. The second-order valence-electron chi connectivity index (χ2n) is 2.43. The van der Waals surface area contributed by atoms with Gasteiger partial charge >= 0.3 is 0 Å². The molecule has 68 valence electrons. The van der Waals surface area contributed by atoms with Gasteiger partial charge in [-0.25, -0.2) is 0 Å². The Balaban J connectivity index is 2.19. The van der Waals surface area contributed by atoms with Gasteiger partial charge in [-0.1, -0.05) is 0 Å². The minimum Gasteiger partial charge on any atom is -0.452 e. The predicted molar refractivity (Wildman–Crippen MR) is 50.5 cm³/mol. The Hall–Kier alpha value is -0.810. The zero-order valence-electron chi connectivity index (χ0n) is 6.44. The molecule has 0 amide bonds. The summed E-state index contributed by atoms with van der Waals surface area (Å²) < 4.78 is 7.68. The second kappa shape index (κ2) is 3.51. The van der Waals surface area contributed by atoms with Crippen LogP contribution in [0.15, 0.2) is 27.5 Å². The molecule has 2 rings (SSSR count). The van der Waals surface area contributed by atoms with E-state index in [1.165, 1.54) is 0 Å². The number of furan rings is 1. The van der Waals surface area contributed by atoms with E-state index < -0.39 is 0 Å². The second-order valence-corrected chi connectivity index (χ2v) is 3.55. The van der Waals surface area contributed by atoms with Crippen molar-refractivity contribution >= 4 is 27.5 Å². The third kappa shape index (κ3) is 1.92. The van der Waals surface area contributed by atoms with Crippen LogP contribution in [0.25, 0.3) is 0 Å². The molecule has 4 nitrogen and oxygen atoms in total. The molecule has 0 spiro atoms. The fourth-order valence-electron chi connectivity index (χ4n) is 0.952. The average Bonchev–Trinajstić information content (AvgIpc) is 2.64. The summed E-state index contributed by atoms with van der Waals surface area (Å²) in [7, 11) is 0. The lowest BCUT2D eigenvalue weighted by Crippen LogP contribution is -1.96. The van der Waals surface area contributed by atoms with Crippen molar-refractivity contribution in [1.82, 2.24) is 14.8 Å². The summed E-state index contributed by atoms with van der Waals surface area (Å²) >= 11 is 8.95. The van der Waals surface area contributed by atoms with Crippen LogP contribution in [-0.4, -0.2) is 14.8 Å². The van der Waals surface area contributed by atoms with E-state index in [1.54, 1.807) is 10.9 Å². The minimum atomic E-state index is 0.354. The molecule has 0 atom stereocenters. The Kier molecular flexibility index (Phi) is 2.37. The van der Waals surface area contributed by atoms with Crippen molar-refractivity contribution < 1.29 is 4.42 Å². The Bertz CT molecular complexity index is 411. The molecule has 0 aliphatic heterocycles. The molecule has 2 aromatic rings. The smallest absolute Gasteiger partial charge is 0.225 e. The monoisotopic (exact) mass is 261 g/mol. The largest absolute Gasteiger partial charge is 0.452 e. The molecule has 0 N–H and O–H groups in total. The van der Waals surface area contributed by atoms with Crippen LogP contribution in [0.1, 0.15) is 5.76 Å². The van der Waals surface area contributed by atoms with Crippen LogP contribution >= 0.6 is 27.5 Å². The van der Waals surface area contributed by atoms with Gasteiger partial charge in [0.2, 0.25) is 5.28 Å². The molecule has 13 heavy (non-hydrogen) atoms. The maximum Gasteiger partial charge on any atom is 0.225 e. The van der Waals surface area contributed by atoms with Gasteiger partial charge in [-0.2, -0.15) is 0 Å². The fourth-order valence-corrected chi connectivity index (χ4v) is 1.44. The Morgan fingerprint density at radius 2 is 2.38 bits per heavy atom. The zero-order valence-corrected chi connectivity index (χ0v) is 8.79. The Labute approximate surface area is 87.6 Å². The van der Waals surface area contributed by atoms with E-state index in [1.807, 2.05) is 12.1 Å². The van der Waals surface area contributed by atoms with Crippen molar-refractivity contribution in [3.05, 3.63) is 34.2 Å². The van der Waals surface area contributed by atoms with Crippen molar-refractivity contribution in [2.45, 2.75) is 6.54 Å². The third-order valence-electron chi connectivity index (χ3n) is 1.52. The first-order chi connectivity index (χ1) is 6.25. The number of hydrogen-bond acceptors (Lipinski definition) is 3. The van der Waals surface area contributed by atoms with Crippen molar-refractivity contribution in [1.29, 1.82) is 0 Å². The van der Waals surface area contributed by atoms with Gasteiger partial charge in [0.1, 0.15) is 12.1 Å². The van der Waals surface area contributed by atoms with Crippen LogP contribution in [0, 0.1) is 0 Å². The van der Waals surface area contributed by atoms with Crippen LogP contribution in [0.3, 0.4) is 0 Å². The Morgan fingerprint density at radius 1 is 1.54 bits per heavy atom. The number of halogens is 2. The summed E-state index contributed by atoms with van der Waals surface area (Å²) in [6.07, 6.45) is 1.55. The first-order valence-corrected chi connectivity index (χ1v) is 4.70. The standard InChI is InChI=1S/C7H5BrClN3O/c8-6-2-1-5(13-6)3-12-4-10-11-7(12)9/h1-2,4H,3H2. The van der Waals surface area contributed by atoms with Gasteiger partial charge in [-0.05, 0) is 39.7 Å². The molecule has 0 aromatic carbocycles. The number of hydrogen-bond donors (Lipinski definition) is 0. The van der Waals surface area contributed by atoms with E-state index in [0.717, 1.165) is 5.76 Å². The van der Waals surface area contributed by atoms with Crippen molar-refractivity contribution in [3.8, 4) is 0 Å². The molecule has 0 saturated carbocycles. The lowest BCUT2D eigenvalue weighted by Gasteiger charge is -1.97. The SMILES string of the molecule is Clc1nncn1Cc1ccc(Br)o1. The highest BCUT2D eigenvalue weighted by Gasteiger charge is 2.04. The van der Waals surface area contributed by atoms with E-state index in [0.29, 0.717) is 16.5 Å². The van der Waals surface area contributed by atoms with Gasteiger partial charge < -0.3 is 4.42 Å². The molecule has 0 fully saturated rings. The molecule has 0 unspecified atom stereocenters. The number of aromatic nitrogens is 3. The van der Waals surface area contributed by atoms with E-state index in [2.05, 4.69) is 26.1 Å². The van der Waals surface area contributed by atoms with Gasteiger partial charge in [0.05, 0.1) is 6.54 Å². The lowest BCUT2D eigenvalue weighted by atomic mass is 10.4. The van der Waals surface area contributed by atoms with Crippen molar-refractivity contribution in [3.63, 3.8) is 0 Å². The van der Waals surface area contributed by atoms with Crippen molar-refractivity contribution in [2.75, 3.05) is 0 Å². The summed E-state index contributed by atoms with van der Waals surface area (Å²) in [4.78, 5) is 0. The summed E-state index contributed by atoms with van der Waals surface area (Å²) in [5.41, 5.74) is 0. The van der Waals surface area contributed by atoms with E-state index in [9.17, 15) is 0 Å². The molecule has 0 radical (unpaired) electrons. The first-order valence-electron chi connectivity index (χ1n) is 3.53. The molecule has 0 saturated heterocycles. The molecule has 0 aliphatic rings. The topological polar surface area (TPSA) is 43.9 Å². The average molecular weight is 262 g/mol. The number of nitrogens with zero attached hydrogens (tertiary/aromatic N) is 3. The van der Waals surface area contributed by atoms with E-state index >= 15 is 0 Å². The normalized spacial score (nSPS) is 10.6. The third-order valence-corrected chi connectivity index (χ3v) is 2.24. The highest BCUT2D eigenvalue weighted by Crippen LogP contribution is 2.16. The highest BCUT2D eigenvalue weighted by molar-refractivity contribution is 9.10. The predicted octanol–water partition coefficient (Wildman–Crippen LogP) is 2.34. The van der Waals surface area contributed by atoms with Gasteiger partial charge in [0.25, 0.3) is 0 Å². The van der Waals surface area contributed by atoms with Gasteiger partial charge in [-0.15, -0.1) is 10.2 Å². The summed E-state index contributed by atoms with van der Waals surface area (Å²) in [6, 6.07) is 3.69. The maximum absolute atomic E-state index is 5.73. The van der Waals surface area contributed by atoms with Crippen LogP contribution in [-0.2, 0) is 6.54 Å². The van der Waals surface area contributed by atoms with Gasteiger partial charge in [-0.3, -0.25) is 4.57 Å². The van der Waals surface area contributed by atoms with Crippen LogP contribution < -0.4 is 0 Å². The molecular formula is C7H5BrClN3O. The molecule has 0 bridgehead atoms. The first kappa shape index (κ1) is 8.77. The van der Waals surface area contributed by atoms with Gasteiger partial charge in [0.15, 0.2) is 4.67 Å². The summed E-state index contributed by atoms with van der Waals surface area (Å²) in [6.45, 7) is 0.539. The Morgan fingerprint density at radius 3 is 2.92 bits per heavy atom. The minimum absolute atomic E-state index is 0.354. The lowest BCUT2D eigenvalue weighted by molar-refractivity contribution is 0.474. The van der Waals surface area contributed by atoms with E-state index in [-0.39, 0.29) is 0 Å². The zero-order chi connectivity index (χ0) is 9.26. The number of rotatable bonds is 2. The molecule has 6 heteroatoms. The summed E-state index contributed by atoms with van der Waals surface area (Å²) in [5.74, 6) is 0.800. The van der Waals surface area contributed by atoms with Crippen LogP contribution in [0.2, 0.25) is 5.28 Å².